The first-order chi connectivity index (χ1) is 9.43. The molecule has 1 aliphatic rings. The molecular formula is C14H10ClFN2O2. The van der Waals surface area contributed by atoms with Gasteiger partial charge in [-0.1, -0.05) is 23.7 Å². The van der Waals surface area contributed by atoms with Gasteiger partial charge in [0.15, 0.2) is 0 Å². The van der Waals surface area contributed by atoms with E-state index in [1.165, 1.54) is 41.0 Å². The van der Waals surface area contributed by atoms with Gasteiger partial charge in [0, 0.05) is 0 Å². The van der Waals surface area contributed by atoms with Crippen LogP contribution in [-0.4, -0.2) is 10.5 Å². The first-order valence-electron chi connectivity index (χ1n) is 5.94. The first-order valence-corrected chi connectivity index (χ1v) is 6.32. The fraction of sp³-hybridized carbons (Fsp3) is 0.143. The molecule has 3 rings (SSSR count). The lowest BCUT2D eigenvalue weighted by Crippen LogP contribution is -2.45. The van der Waals surface area contributed by atoms with E-state index in [1.807, 2.05) is 0 Å². The zero-order valence-electron chi connectivity index (χ0n) is 10.5. The molecule has 102 valence electrons. The van der Waals surface area contributed by atoms with Crippen LogP contribution in [0.2, 0.25) is 5.02 Å². The Labute approximate surface area is 118 Å². The summed E-state index contributed by atoms with van der Waals surface area (Å²) in [5, 5.41) is 2.77. The Balaban J connectivity index is 2.29. The molecule has 0 radical (unpaired) electrons. The number of halogens is 2. The standard InChI is InChI=1S/C14H10ClFN2O2/c1-14(8-2-4-9(16)5-3-8)17-12(19)11-7-6-10(15)13(20)18(11)14/h2-7H,1H3,(H,17,19). The molecule has 0 aliphatic carbocycles. The van der Waals surface area contributed by atoms with Gasteiger partial charge in [0.1, 0.15) is 22.2 Å². The van der Waals surface area contributed by atoms with Crippen LogP contribution in [-0.2, 0) is 5.66 Å². The Morgan fingerprint density at radius 3 is 2.45 bits per heavy atom. The van der Waals surface area contributed by atoms with Crippen molar-refractivity contribution in [2.75, 3.05) is 0 Å². The van der Waals surface area contributed by atoms with Crippen LogP contribution in [0.3, 0.4) is 0 Å². The van der Waals surface area contributed by atoms with Crippen LogP contribution in [0, 0.1) is 5.82 Å². The lowest BCUT2D eigenvalue weighted by atomic mass is 10.0. The van der Waals surface area contributed by atoms with Gasteiger partial charge >= 0.3 is 0 Å². The minimum Gasteiger partial charge on any atom is -0.324 e. The van der Waals surface area contributed by atoms with Crippen LogP contribution in [0.15, 0.2) is 41.2 Å². The lowest BCUT2D eigenvalue weighted by molar-refractivity contribution is 0.0941. The van der Waals surface area contributed by atoms with Gasteiger partial charge in [0.05, 0.1) is 0 Å². The first kappa shape index (κ1) is 12.9. The summed E-state index contributed by atoms with van der Waals surface area (Å²) in [5.74, 6) is -0.758. The van der Waals surface area contributed by atoms with Crippen molar-refractivity contribution in [3.8, 4) is 0 Å². The normalized spacial score (nSPS) is 20.6. The molecule has 1 N–H and O–H groups in total. The second-order valence-corrected chi connectivity index (χ2v) is 5.15. The van der Waals surface area contributed by atoms with Crippen LogP contribution < -0.4 is 10.9 Å². The highest BCUT2D eigenvalue weighted by Gasteiger charge is 2.41. The van der Waals surface area contributed by atoms with Gasteiger partial charge in [-0.3, -0.25) is 14.2 Å². The highest BCUT2D eigenvalue weighted by molar-refractivity contribution is 6.30. The van der Waals surface area contributed by atoms with Crippen molar-refractivity contribution in [1.82, 2.24) is 9.88 Å². The van der Waals surface area contributed by atoms with Crippen molar-refractivity contribution in [3.63, 3.8) is 0 Å². The molecule has 6 heteroatoms. The van der Waals surface area contributed by atoms with Crippen LogP contribution in [0.1, 0.15) is 23.0 Å². The number of hydrogen-bond acceptors (Lipinski definition) is 2. The zero-order chi connectivity index (χ0) is 14.5. The molecule has 0 bridgehead atoms. The molecule has 2 aromatic rings. The van der Waals surface area contributed by atoms with E-state index in [0.29, 0.717) is 5.56 Å². The van der Waals surface area contributed by atoms with Crippen molar-refractivity contribution in [1.29, 1.82) is 0 Å². The van der Waals surface area contributed by atoms with Gasteiger partial charge in [-0.2, -0.15) is 0 Å². The number of nitrogens with one attached hydrogen (secondary N) is 1. The molecule has 2 heterocycles. The quantitative estimate of drug-likeness (QED) is 0.875. The second kappa shape index (κ2) is 4.18. The van der Waals surface area contributed by atoms with E-state index in [4.69, 9.17) is 11.6 Å². The van der Waals surface area contributed by atoms with E-state index in [-0.39, 0.29) is 22.4 Å². The fourth-order valence-electron chi connectivity index (χ4n) is 2.45. The minimum atomic E-state index is -1.08. The lowest BCUT2D eigenvalue weighted by Gasteiger charge is -2.27. The van der Waals surface area contributed by atoms with Crippen molar-refractivity contribution < 1.29 is 9.18 Å². The third-order valence-corrected chi connectivity index (χ3v) is 3.77. The van der Waals surface area contributed by atoms with Gasteiger partial charge < -0.3 is 5.32 Å². The van der Waals surface area contributed by atoms with Crippen LogP contribution in [0.5, 0.6) is 0 Å². The highest BCUT2D eigenvalue weighted by Crippen LogP contribution is 2.29. The van der Waals surface area contributed by atoms with E-state index in [2.05, 4.69) is 5.32 Å². The van der Waals surface area contributed by atoms with Gasteiger partial charge in [-0.25, -0.2) is 4.39 Å². The molecule has 1 aromatic heterocycles. The summed E-state index contributed by atoms with van der Waals surface area (Å²) in [6.45, 7) is 1.67. The summed E-state index contributed by atoms with van der Waals surface area (Å²) in [7, 11) is 0. The molecule has 20 heavy (non-hydrogen) atoms. The summed E-state index contributed by atoms with van der Waals surface area (Å²) in [4.78, 5) is 24.2. The summed E-state index contributed by atoms with van der Waals surface area (Å²) in [6.07, 6.45) is 0. The number of nitrogens with zero attached hydrogens (tertiary/aromatic N) is 1. The molecule has 0 fully saturated rings. The molecule has 4 nitrogen and oxygen atoms in total. The number of hydrogen-bond donors (Lipinski definition) is 1. The van der Waals surface area contributed by atoms with E-state index in [1.54, 1.807) is 6.92 Å². The number of fused-ring (bicyclic) bond motifs is 1. The van der Waals surface area contributed by atoms with Crippen molar-refractivity contribution in [2.45, 2.75) is 12.6 Å². The molecule has 0 spiro atoms. The Morgan fingerprint density at radius 2 is 1.80 bits per heavy atom. The molecule has 0 saturated heterocycles. The number of carbonyl (C=O) groups excluding carboxylic acids is 1. The number of pyridine rings is 1. The predicted octanol–water partition coefficient (Wildman–Crippen LogP) is 2.11. The van der Waals surface area contributed by atoms with E-state index < -0.39 is 11.2 Å². The van der Waals surface area contributed by atoms with Crippen LogP contribution in [0.4, 0.5) is 4.39 Å². The maximum absolute atomic E-state index is 13.0. The van der Waals surface area contributed by atoms with Gasteiger partial charge in [-0.05, 0) is 36.8 Å². The highest BCUT2D eigenvalue weighted by atomic mass is 35.5. The Kier molecular flexibility index (Phi) is 2.69. The molecule has 0 saturated carbocycles. The fourth-order valence-corrected chi connectivity index (χ4v) is 2.60. The topological polar surface area (TPSA) is 51.1 Å². The smallest absolute Gasteiger partial charge is 0.272 e. The maximum Gasteiger partial charge on any atom is 0.272 e. The molecule has 1 aliphatic heterocycles. The maximum atomic E-state index is 13.0. The third kappa shape index (κ3) is 1.67. The summed E-state index contributed by atoms with van der Waals surface area (Å²) in [6, 6.07) is 8.50. The average Bonchev–Trinajstić information content (AvgIpc) is 2.67. The Hall–Kier alpha value is -2.14. The van der Waals surface area contributed by atoms with Crippen LogP contribution in [0.25, 0.3) is 0 Å². The van der Waals surface area contributed by atoms with Crippen molar-refractivity contribution >= 4 is 17.5 Å². The predicted molar refractivity (Wildman–Crippen MR) is 72.3 cm³/mol. The Morgan fingerprint density at radius 1 is 1.15 bits per heavy atom. The number of amides is 1. The van der Waals surface area contributed by atoms with E-state index in [9.17, 15) is 14.0 Å². The number of aromatic nitrogens is 1. The molecule has 1 aromatic carbocycles. The average molecular weight is 293 g/mol. The molecular weight excluding hydrogens is 283 g/mol. The van der Waals surface area contributed by atoms with Crippen molar-refractivity contribution in [3.05, 3.63) is 68.8 Å². The van der Waals surface area contributed by atoms with Crippen LogP contribution >= 0.6 is 11.6 Å². The summed E-state index contributed by atoms with van der Waals surface area (Å²) in [5.41, 5.74) is -0.724. The molecule has 1 amide bonds. The number of rotatable bonds is 1. The largest absolute Gasteiger partial charge is 0.324 e. The number of benzene rings is 1. The van der Waals surface area contributed by atoms with Gasteiger partial charge in [0.25, 0.3) is 11.5 Å². The zero-order valence-corrected chi connectivity index (χ0v) is 11.2. The minimum absolute atomic E-state index is 0.0265. The van der Waals surface area contributed by atoms with E-state index >= 15 is 0 Å². The summed E-state index contributed by atoms with van der Waals surface area (Å²) < 4.78 is 14.3. The SMILES string of the molecule is CC1(c2ccc(F)cc2)NC(=O)c2ccc(Cl)c(=O)n21. The third-order valence-electron chi connectivity index (χ3n) is 3.48. The van der Waals surface area contributed by atoms with Crippen molar-refractivity contribution in [2.24, 2.45) is 0 Å². The second-order valence-electron chi connectivity index (χ2n) is 4.74. The monoisotopic (exact) mass is 292 g/mol. The van der Waals surface area contributed by atoms with Gasteiger partial charge in [0.2, 0.25) is 0 Å². The Bertz CT molecular complexity index is 770. The molecule has 1 atom stereocenters. The molecule has 1 unspecified atom stereocenters. The summed E-state index contributed by atoms with van der Waals surface area (Å²) >= 11 is 5.85. The van der Waals surface area contributed by atoms with Gasteiger partial charge in [-0.15, -0.1) is 0 Å². The number of carbonyl (C=O) groups is 1. The van der Waals surface area contributed by atoms with E-state index in [0.717, 1.165) is 0 Å².